The minimum Gasteiger partial charge on any atom is -0.329 e. The van der Waals surface area contributed by atoms with Gasteiger partial charge >= 0.3 is 0 Å². The number of hydrogen-bond acceptors (Lipinski definition) is 4. The number of aromatic nitrogens is 5. The second kappa shape index (κ2) is 5.83. The Morgan fingerprint density at radius 3 is 3.00 bits per heavy atom. The predicted molar refractivity (Wildman–Crippen MR) is 77.1 cm³/mol. The van der Waals surface area contributed by atoms with Crippen LogP contribution >= 0.6 is 0 Å². The first kappa shape index (κ1) is 12.8. The maximum Gasteiger partial charge on any atom is 0.0964 e. The molecule has 0 unspecified atom stereocenters. The maximum absolute atomic E-state index is 4.38. The number of nitrogens with zero attached hydrogens (tertiary/aromatic N) is 5. The summed E-state index contributed by atoms with van der Waals surface area (Å²) in [5, 5.41) is 11.5. The molecule has 0 saturated heterocycles. The first-order chi connectivity index (χ1) is 9.86. The van der Waals surface area contributed by atoms with Gasteiger partial charge in [-0.2, -0.15) is 0 Å². The van der Waals surface area contributed by atoms with E-state index in [0.29, 0.717) is 0 Å². The SMILES string of the molecule is CCNCc1cn(CCn2cnc3ccccc32)nn1. The van der Waals surface area contributed by atoms with E-state index in [0.717, 1.165) is 42.9 Å². The number of rotatable bonds is 6. The van der Waals surface area contributed by atoms with Crippen molar-refractivity contribution in [3.63, 3.8) is 0 Å². The van der Waals surface area contributed by atoms with Crippen molar-refractivity contribution >= 4 is 11.0 Å². The van der Waals surface area contributed by atoms with Gasteiger partial charge in [-0.3, -0.25) is 4.68 Å². The van der Waals surface area contributed by atoms with E-state index in [1.807, 2.05) is 35.4 Å². The number of aryl methyl sites for hydroxylation is 2. The summed E-state index contributed by atoms with van der Waals surface area (Å²) in [6, 6.07) is 8.14. The van der Waals surface area contributed by atoms with Crippen LogP contribution in [-0.4, -0.2) is 31.1 Å². The Hall–Kier alpha value is -2.21. The van der Waals surface area contributed by atoms with Gasteiger partial charge in [0.1, 0.15) is 0 Å². The topological polar surface area (TPSA) is 60.6 Å². The first-order valence-corrected chi connectivity index (χ1v) is 6.86. The monoisotopic (exact) mass is 270 g/mol. The van der Waals surface area contributed by atoms with E-state index >= 15 is 0 Å². The summed E-state index contributed by atoms with van der Waals surface area (Å²) in [6.07, 6.45) is 3.86. The Kier molecular flexibility index (Phi) is 3.73. The standard InChI is InChI=1S/C14H18N6/c1-2-15-9-12-10-20(18-17-12)8-7-19-11-16-13-5-3-4-6-14(13)19/h3-6,10-11,15H,2,7-9H2,1H3. The minimum absolute atomic E-state index is 0.768. The highest BCUT2D eigenvalue weighted by Crippen LogP contribution is 2.11. The van der Waals surface area contributed by atoms with Crippen molar-refractivity contribution in [2.45, 2.75) is 26.6 Å². The van der Waals surface area contributed by atoms with E-state index in [2.05, 4.69) is 38.2 Å². The molecule has 2 aromatic heterocycles. The second-order valence-corrected chi connectivity index (χ2v) is 4.68. The van der Waals surface area contributed by atoms with E-state index in [1.54, 1.807) is 0 Å². The van der Waals surface area contributed by atoms with E-state index in [-0.39, 0.29) is 0 Å². The van der Waals surface area contributed by atoms with Crippen LogP contribution in [0, 0.1) is 0 Å². The van der Waals surface area contributed by atoms with Crippen molar-refractivity contribution in [1.29, 1.82) is 0 Å². The molecule has 20 heavy (non-hydrogen) atoms. The zero-order valence-electron chi connectivity index (χ0n) is 11.5. The molecule has 2 heterocycles. The largest absolute Gasteiger partial charge is 0.329 e. The Morgan fingerprint density at radius 1 is 1.20 bits per heavy atom. The molecule has 0 aliphatic heterocycles. The normalized spacial score (nSPS) is 11.2. The molecule has 0 atom stereocenters. The van der Waals surface area contributed by atoms with Gasteiger partial charge < -0.3 is 9.88 Å². The van der Waals surface area contributed by atoms with Gasteiger partial charge in [0, 0.05) is 19.3 Å². The van der Waals surface area contributed by atoms with E-state index < -0.39 is 0 Å². The molecule has 0 aliphatic carbocycles. The van der Waals surface area contributed by atoms with Gasteiger partial charge in [-0.25, -0.2) is 4.98 Å². The summed E-state index contributed by atoms with van der Waals surface area (Å²) < 4.78 is 4.02. The van der Waals surface area contributed by atoms with Crippen molar-refractivity contribution in [2.24, 2.45) is 0 Å². The maximum atomic E-state index is 4.38. The van der Waals surface area contributed by atoms with Gasteiger partial charge in [0.05, 0.1) is 29.6 Å². The lowest BCUT2D eigenvalue weighted by Crippen LogP contribution is -2.11. The molecule has 6 heteroatoms. The molecule has 6 nitrogen and oxygen atoms in total. The zero-order valence-corrected chi connectivity index (χ0v) is 11.5. The smallest absolute Gasteiger partial charge is 0.0964 e. The number of hydrogen-bond donors (Lipinski definition) is 1. The summed E-state index contributed by atoms with van der Waals surface area (Å²) in [4.78, 5) is 4.38. The molecule has 0 radical (unpaired) electrons. The fourth-order valence-corrected chi connectivity index (χ4v) is 2.18. The van der Waals surface area contributed by atoms with Gasteiger partial charge in [0.25, 0.3) is 0 Å². The Bertz CT molecular complexity index is 684. The quantitative estimate of drug-likeness (QED) is 0.736. The van der Waals surface area contributed by atoms with E-state index in [9.17, 15) is 0 Å². The first-order valence-electron chi connectivity index (χ1n) is 6.86. The van der Waals surface area contributed by atoms with Crippen molar-refractivity contribution < 1.29 is 0 Å². The molecule has 0 amide bonds. The second-order valence-electron chi connectivity index (χ2n) is 4.68. The van der Waals surface area contributed by atoms with Crippen molar-refractivity contribution in [1.82, 2.24) is 29.9 Å². The molecular weight excluding hydrogens is 252 g/mol. The van der Waals surface area contributed by atoms with Gasteiger partial charge in [-0.05, 0) is 18.7 Å². The molecular formula is C14H18N6. The fraction of sp³-hybridized carbons (Fsp3) is 0.357. The van der Waals surface area contributed by atoms with Crippen LogP contribution in [-0.2, 0) is 19.6 Å². The average molecular weight is 270 g/mol. The van der Waals surface area contributed by atoms with Gasteiger partial charge in [0.15, 0.2) is 0 Å². The van der Waals surface area contributed by atoms with E-state index in [1.165, 1.54) is 0 Å². The number of para-hydroxylation sites is 2. The third-order valence-corrected chi connectivity index (χ3v) is 3.24. The van der Waals surface area contributed by atoms with Crippen molar-refractivity contribution in [2.75, 3.05) is 6.54 Å². The molecule has 1 aromatic carbocycles. The van der Waals surface area contributed by atoms with Crippen LogP contribution in [0.1, 0.15) is 12.6 Å². The lowest BCUT2D eigenvalue weighted by Gasteiger charge is -2.03. The van der Waals surface area contributed by atoms with Gasteiger partial charge in [-0.1, -0.05) is 24.3 Å². The molecule has 0 aliphatic rings. The molecule has 0 fully saturated rings. The summed E-state index contributed by atoms with van der Waals surface area (Å²) in [6.45, 7) is 5.41. The molecule has 3 aromatic rings. The minimum atomic E-state index is 0.768. The Morgan fingerprint density at radius 2 is 2.10 bits per heavy atom. The van der Waals surface area contributed by atoms with Crippen LogP contribution in [0.4, 0.5) is 0 Å². The molecule has 3 rings (SSSR count). The molecule has 104 valence electrons. The van der Waals surface area contributed by atoms with Crippen molar-refractivity contribution in [3.05, 3.63) is 42.5 Å². The van der Waals surface area contributed by atoms with E-state index in [4.69, 9.17) is 0 Å². The Balaban J connectivity index is 1.65. The third-order valence-electron chi connectivity index (χ3n) is 3.24. The number of benzene rings is 1. The van der Waals surface area contributed by atoms with Gasteiger partial charge in [-0.15, -0.1) is 5.10 Å². The summed E-state index contributed by atoms with van der Waals surface area (Å²) in [5.41, 5.74) is 3.15. The number of fused-ring (bicyclic) bond motifs is 1. The van der Waals surface area contributed by atoms with Crippen LogP contribution in [0.15, 0.2) is 36.8 Å². The highest BCUT2D eigenvalue weighted by molar-refractivity contribution is 5.74. The summed E-state index contributed by atoms with van der Waals surface area (Å²) in [5.74, 6) is 0. The molecule has 0 saturated carbocycles. The molecule has 1 N–H and O–H groups in total. The average Bonchev–Trinajstić information content (AvgIpc) is 3.10. The fourth-order valence-electron chi connectivity index (χ4n) is 2.18. The number of nitrogens with one attached hydrogen (secondary N) is 1. The van der Waals surface area contributed by atoms with Crippen LogP contribution < -0.4 is 5.32 Å². The van der Waals surface area contributed by atoms with Crippen LogP contribution in [0.2, 0.25) is 0 Å². The Labute approximate surface area is 117 Å². The van der Waals surface area contributed by atoms with Crippen LogP contribution in [0.5, 0.6) is 0 Å². The summed E-state index contributed by atoms with van der Waals surface area (Å²) in [7, 11) is 0. The lowest BCUT2D eigenvalue weighted by atomic mass is 10.3. The molecule has 0 spiro atoms. The lowest BCUT2D eigenvalue weighted by molar-refractivity contribution is 0.526. The summed E-state index contributed by atoms with van der Waals surface area (Å²) >= 11 is 0. The zero-order chi connectivity index (χ0) is 13.8. The highest BCUT2D eigenvalue weighted by atomic mass is 15.4. The predicted octanol–water partition coefficient (Wildman–Crippen LogP) is 1.44. The van der Waals surface area contributed by atoms with Crippen molar-refractivity contribution in [3.8, 4) is 0 Å². The highest BCUT2D eigenvalue weighted by Gasteiger charge is 2.03. The van der Waals surface area contributed by atoms with Crippen LogP contribution in [0.25, 0.3) is 11.0 Å². The number of imidazole rings is 1. The van der Waals surface area contributed by atoms with Crippen LogP contribution in [0.3, 0.4) is 0 Å². The van der Waals surface area contributed by atoms with Gasteiger partial charge in [0.2, 0.25) is 0 Å². The third kappa shape index (κ3) is 2.70. The molecule has 0 bridgehead atoms.